The molecule has 0 aliphatic carbocycles. The van der Waals surface area contributed by atoms with Crippen molar-refractivity contribution in [3.05, 3.63) is 41.6 Å². The Balaban J connectivity index is 1.29. The molecule has 0 bridgehead atoms. The van der Waals surface area contributed by atoms with Crippen molar-refractivity contribution in [2.24, 2.45) is 0 Å². The van der Waals surface area contributed by atoms with Crippen molar-refractivity contribution in [1.82, 2.24) is 20.0 Å². The molecule has 1 aromatic carbocycles. The average Bonchev–Trinajstić information content (AvgIpc) is 3.20. The smallest absolute Gasteiger partial charge is 0.274 e. The van der Waals surface area contributed by atoms with Crippen LogP contribution in [0.5, 0.6) is 11.5 Å². The van der Waals surface area contributed by atoms with Crippen LogP contribution in [0.1, 0.15) is 29.4 Å². The zero-order valence-electron chi connectivity index (χ0n) is 16.1. The van der Waals surface area contributed by atoms with Crippen molar-refractivity contribution in [2.45, 2.75) is 19.9 Å². The Morgan fingerprint density at radius 2 is 1.89 bits per heavy atom. The molecule has 148 valence electrons. The molecule has 4 rings (SSSR count). The second-order valence-corrected chi connectivity index (χ2v) is 6.99. The summed E-state index contributed by atoms with van der Waals surface area (Å²) < 4.78 is 10.8. The zero-order valence-corrected chi connectivity index (χ0v) is 16.1. The number of benzene rings is 1. The van der Waals surface area contributed by atoms with Gasteiger partial charge in [-0.3, -0.25) is 9.69 Å². The van der Waals surface area contributed by atoms with Gasteiger partial charge in [0.15, 0.2) is 17.2 Å². The number of fused-ring (bicyclic) bond motifs is 1. The predicted molar refractivity (Wildman–Crippen MR) is 105 cm³/mol. The van der Waals surface area contributed by atoms with Crippen molar-refractivity contribution < 1.29 is 14.3 Å². The summed E-state index contributed by atoms with van der Waals surface area (Å²) in [5, 5.41) is 11.3. The topological polar surface area (TPSA) is 79.8 Å². The van der Waals surface area contributed by atoms with E-state index in [1.807, 2.05) is 23.1 Å². The number of piperazine rings is 1. The molecule has 8 heteroatoms. The lowest BCUT2D eigenvalue weighted by Gasteiger charge is -2.34. The fourth-order valence-corrected chi connectivity index (χ4v) is 3.36. The first-order valence-corrected chi connectivity index (χ1v) is 9.70. The average molecular weight is 383 g/mol. The van der Waals surface area contributed by atoms with Gasteiger partial charge in [-0.1, -0.05) is 13.0 Å². The molecule has 2 aromatic rings. The van der Waals surface area contributed by atoms with Gasteiger partial charge in [0, 0.05) is 39.3 Å². The molecule has 1 fully saturated rings. The van der Waals surface area contributed by atoms with Crippen LogP contribution < -0.4 is 14.8 Å². The van der Waals surface area contributed by atoms with E-state index in [2.05, 4.69) is 33.4 Å². The normalized spacial score (nSPS) is 16.2. The van der Waals surface area contributed by atoms with Crippen LogP contribution in [-0.4, -0.2) is 65.4 Å². The van der Waals surface area contributed by atoms with E-state index in [4.69, 9.17) is 9.47 Å². The number of hydrogen-bond acceptors (Lipinski definition) is 7. The number of carbonyl (C=O) groups is 1. The molecule has 0 radical (unpaired) electrons. The minimum absolute atomic E-state index is 0.0581. The third kappa shape index (κ3) is 4.17. The molecule has 3 heterocycles. The van der Waals surface area contributed by atoms with Crippen molar-refractivity contribution >= 4 is 11.7 Å². The molecule has 0 unspecified atom stereocenters. The van der Waals surface area contributed by atoms with Crippen LogP contribution in [0.25, 0.3) is 0 Å². The molecule has 1 saturated heterocycles. The van der Waals surface area contributed by atoms with Crippen molar-refractivity contribution in [3.8, 4) is 11.5 Å². The Morgan fingerprint density at radius 3 is 2.64 bits per heavy atom. The highest BCUT2D eigenvalue weighted by Gasteiger charge is 2.24. The number of ether oxygens (including phenoxy) is 2. The molecule has 8 nitrogen and oxygen atoms in total. The molecular weight excluding hydrogens is 358 g/mol. The molecule has 2 aliphatic heterocycles. The standard InChI is InChI=1S/C20H25N5O3/c1-2-7-21-19-6-4-16(22-23-19)20(26)25-10-8-24(9-11-25)13-15-3-5-17-18(12-15)28-14-27-17/h3-6,12H,2,7-11,13-14H2,1H3,(H,21,23). The predicted octanol–water partition coefficient (Wildman–Crippen LogP) is 1.99. The fraction of sp³-hybridized carbons (Fsp3) is 0.450. The molecule has 0 saturated carbocycles. The van der Waals surface area contributed by atoms with E-state index in [0.29, 0.717) is 24.6 Å². The van der Waals surface area contributed by atoms with E-state index in [1.165, 1.54) is 5.56 Å². The van der Waals surface area contributed by atoms with Gasteiger partial charge in [-0.15, -0.1) is 10.2 Å². The Hall–Kier alpha value is -2.87. The van der Waals surface area contributed by atoms with Crippen LogP contribution in [0.4, 0.5) is 5.82 Å². The van der Waals surface area contributed by atoms with Crippen LogP contribution in [0.3, 0.4) is 0 Å². The quantitative estimate of drug-likeness (QED) is 0.817. The van der Waals surface area contributed by atoms with Gasteiger partial charge in [0.05, 0.1) is 0 Å². The SMILES string of the molecule is CCCNc1ccc(C(=O)N2CCN(Cc3ccc4c(c3)OCO4)CC2)nn1. The monoisotopic (exact) mass is 383 g/mol. The summed E-state index contributed by atoms with van der Waals surface area (Å²) in [6, 6.07) is 9.60. The maximum Gasteiger partial charge on any atom is 0.274 e. The lowest BCUT2D eigenvalue weighted by Crippen LogP contribution is -2.48. The van der Waals surface area contributed by atoms with E-state index in [1.54, 1.807) is 6.07 Å². The molecule has 1 N–H and O–H groups in total. The summed E-state index contributed by atoms with van der Waals surface area (Å²) in [5.41, 5.74) is 1.58. The summed E-state index contributed by atoms with van der Waals surface area (Å²) in [6.45, 7) is 7.06. The first kappa shape index (κ1) is 18.5. The van der Waals surface area contributed by atoms with E-state index >= 15 is 0 Å². The largest absolute Gasteiger partial charge is 0.454 e. The Labute approximate surface area is 164 Å². The number of nitrogens with zero attached hydrogens (tertiary/aromatic N) is 4. The van der Waals surface area contributed by atoms with Gasteiger partial charge in [-0.05, 0) is 36.2 Å². The third-order valence-electron chi connectivity index (χ3n) is 4.94. The summed E-state index contributed by atoms with van der Waals surface area (Å²) in [4.78, 5) is 16.9. The van der Waals surface area contributed by atoms with Gasteiger partial charge in [0.1, 0.15) is 5.82 Å². The molecule has 1 amide bonds. The minimum atomic E-state index is -0.0581. The Morgan fingerprint density at radius 1 is 1.07 bits per heavy atom. The number of hydrogen-bond donors (Lipinski definition) is 1. The number of amides is 1. The highest BCUT2D eigenvalue weighted by Crippen LogP contribution is 2.32. The number of anilines is 1. The van der Waals surface area contributed by atoms with Gasteiger partial charge < -0.3 is 19.7 Å². The fourth-order valence-electron chi connectivity index (χ4n) is 3.36. The van der Waals surface area contributed by atoms with Gasteiger partial charge in [-0.25, -0.2) is 0 Å². The maximum atomic E-state index is 12.7. The zero-order chi connectivity index (χ0) is 19.3. The lowest BCUT2D eigenvalue weighted by atomic mass is 10.1. The lowest BCUT2D eigenvalue weighted by molar-refractivity contribution is 0.0621. The highest BCUT2D eigenvalue weighted by atomic mass is 16.7. The molecule has 2 aliphatic rings. The molecular formula is C20H25N5O3. The second-order valence-electron chi connectivity index (χ2n) is 6.99. The van der Waals surface area contributed by atoms with Crippen molar-refractivity contribution in [1.29, 1.82) is 0 Å². The maximum absolute atomic E-state index is 12.7. The van der Waals surface area contributed by atoms with E-state index in [0.717, 1.165) is 44.1 Å². The van der Waals surface area contributed by atoms with Gasteiger partial charge in [-0.2, -0.15) is 0 Å². The van der Waals surface area contributed by atoms with Gasteiger partial charge >= 0.3 is 0 Å². The summed E-state index contributed by atoms with van der Waals surface area (Å²) >= 11 is 0. The first-order valence-electron chi connectivity index (χ1n) is 9.70. The molecule has 0 atom stereocenters. The summed E-state index contributed by atoms with van der Waals surface area (Å²) in [6.07, 6.45) is 1.01. The minimum Gasteiger partial charge on any atom is -0.454 e. The number of rotatable bonds is 6. The number of carbonyl (C=O) groups excluding carboxylic acids is 1. The van der Waals surface area contributed by atoms with E-state index < -0.39 is 0 Å². The van der Waals surface area contributed by atoms with Gasteiger partial charge in [0.2, 0.25) is 6.79 Å². The van der Waals surface area contributed by atoms with Crippen LogP contribution in [-0.2, 0) is 6.54 Å². The summed E-state index contributed by atoms with van der Waals surface area (Å²) in [5.74, 6) is 2.25. The Kier molecular flexibility index (Phi) is 5.57. The molecule has 28 heavy (non-hydrogen) atoms. The summed E-state index contributed by atoms with van der Waals surface area (Å²) in [7, 11) is 0. The number of nitrogens with one attached hydrogen (secondary N) is 1. The molecule has 1 aromatic heterocycles. The second kappa shape index (κ2) is 8.43. The van der Waals surface area contributed by atoms with Crippen LogP contribution in [0.2, 0.25) is 0 Å². The Bertz CT molecular complexity index is 819. The van der Waals surface area contributed by atoms with Crippen LogP contribution in [0.15, 0.2) is 30.3 Å². The third-order valence-corrected chi connectivity index (χ3v) is 4.94. The first-order chi connectivity index (χ1) is 13.7. The molecule has 0 spiro atoms. The van der Waals surface area contributed by atoms with E-state index in [9.17, 15) is 4.79 Å². The van der Waals surface area contributed by atoms with E-state index in [-0.39, 0.29) is 12.7 Å². The van der Waals surface area contributed by atoms with Crippen LogP contribution in [0, 0.1) is 0 Å². The van der Waals surface area contributed by atoms with Gasteiger partial charge in [0.25, 0.3) is 5.91 Å². The highest BCUT2D eigenvalue weighted by molar-refractivity contribution is 5.92. The van der Waals surface area contributed by atoms with Crippen LogP contribution >= 0.6 is 0 Å². The van der Waals surface area contributed by atoms with Crippen molar-refractivity contribution in [2.75, 3.05) is 44.8 Å². The number of aromatic nitrogens is 2. The van der Waals surface area contributed by atoms with Crippen molar-refractivity contribution in [3.63, 3.8) is 0 Å².